The highest BCUT2D eigenvalue weighted by molar-refractivity contribution is 5.30. The van der Waals surface area contributed by atoms with Gasteiger partial charge in [0.1, 0.15) is 5.75 Å². The van der Waals surface area contributed by atoms with Gasteiger partial charge >= 0.3 is 0 Å². The van der Waals surface area contributed by atoms with Crippen molar-refractivity contribution < 1.29 is 9.84 Å². The molecule has 0 aliphatic heterocycles. The van der Waals surface area contributed by atoms with Gasteiger partial charge in [-0.05, 0) is 36.0 Å². The Kier molecular flexibility index (Phi) is 4.65. The number of aliphatic hydroxyl groups excluding tert-OH is 1. The molecule has 0 bridgehead atoms. The predicted molar refractivity (Wildman–Crippen MR) is 73.7 cm³/mol. The highest BCUT2D eigenvalue weighted by Gasteiger charge is 2.30. The van der Waals surface area contributed by atoms with Gasteiger partial charge in [-0.2, -0.15) is 0 Å². The summed E-state index contributed by atoms with van der Waals surface area (Å²) in [5, 5.41) is 10.6. The van der Waals surface area contributed by atoms with Gasteiger partial charge < -0.3 is 9.84 Å². The number of benzene rings is 1. The Hall–Kier alpha value is -1.02. The topological polar surface area (TPSA) is 29.5 Å². The molecule has 2 rings (SSSR count). The van der Waals surface area contributed by atoms with Crippen molar-refractivity contribution >= 4 is 0 Å². The van der Waals surface area contributed by atoms with Gasteiger partial charge in [0, 0.05) is 0 Å². The molecule has 1 fully saturated rings. The van der Waals surface area contributed by atoms with Gasteiger partial charge in [-0.1, -0.05) is 44.7 Å². The molecular weight excluding hydrogens is 224 g/mol. The zero-order chi connectivity index (χ0) is 13.0. The summed E-state index contributed by atoms with van der Waals surface area (Å²) >= 11 is 0. The van der Waals surface area contributed by atoms with E-state index >= 15 is 0 Å². The highest BCUT2D eigenvalue weighted by Crippen LogP contribution is 2.40. The molecule has 1 aliphatic carbocycles. The summed E-state index contributed by atoms with van der Waals surface area (Å²) in [6.45, 7) is 2.24. The van der Waals surface area contributed by atoms with Gasteiger partial charge in [0.05, 0.1) is 13.2 Å². The van der Waals surface area contributed by atoms with Gasteiger partial charge in [0.2, 0.25) is 0 Å². The first-order chi connectivity index (χ1) is 8.76. The lowest BCUT2D eigenvalue weighted by Crippen LogP contribution is -2.25. The molecule has 0 saturated heterocycles. The van der Waals surface area contributed by atoms with E-state index in [4.69, 9.17) is 4.74 Å². The van der Waals surface area contributed by atoms with Crippen LogP contribution in [0.15, 0.2) is 24.3 Å². The van der Waals surface area contributed by atoms with Gasteiger partial charge in [0.25, 0.3) is 0 Å². The van der Waals surface area contributed by atoms with Crippen LogP contribution in [0.4, 0.5) is 0 Å². The fourth-order valence-corrected chi connectivity index (χ4v) is 3.23. The summed E-state index contributed by atoms with van der Waals surface area (Å²) in [6.07, 6.45) is 5.82. The van der Waals surface area contributed by atoms with Crippen LogP contribution in [-0.4, -0.2) is 12.2 Å². The molecule has 0 aromatic heterocycles. The van der Waals surface area contributed by atoms with Crippen molar-refractivity contribution in [2.45, 2.75) is 45.1 Å². The monoisotopic (exact) mass is 248 g/mol. The van der Waals surface area contributed by atoms with Crippen molar-refractivity contribution in [2.24, 2.45) is 11.8 Å². The van der Waals surface area contributed by atoms with E-state index in [1.165, 1.54) is 25.7 Å². The first kappa shape index (κ1) is 13.4. The Bertz CT molecular complexity index is 375. The van der Waals surface area contributed by atoms with Crippen molar-refractivity contribution in [1.82, 2.24) is 0 Å². The molecule has 0 radical (unpaired) electrons. The molecule has 0 amide bonds. The van der Waals surface area contributed by atoms with Crippen molar-refractivity contribution in [3.63, 3.8) is 0 Å². The summed E-state index contributed by atoms with van der Waals surface area (Å²) in [5.74, 6) is 1.91. The SMILES string of the molecule is CCC1CCCCC1C(O)c1cccc(OC)c1. The Labute approximate surface area is 110 Å². The van der Waals surface area contributed by atoms with Crippen LogP contribution in [0.5, 0.6) is 5.75 Å². The summed E-state index contributed by atoms with van der Waals surface area (Å²) in [6, 6.07) is 7.86. The molecule has 3 unspecified atom stereocenters. The summed E-state index contributed by atoms with van der Waals surface area (Å²) in [5.41, 5.74) is 1.000. The second-order valence-electron chi connectivity index (χ2n) is 5.34. The van der Waals surface area contributed by atoms with Crippen LogP contribution in [0, 0.1) is 11.8 Å². The van der Waals surface area contributed by atoms with Crippen LogP contribution in [0.1, 0.15) is 50.7 Å². The molecule has 100 valence electrons. The quantitative estimate of drug-likeness (QED) is 0.874. The Morgan fingerprint density at radius 1 is 1.33 bits per heavy atom. The number of methoxy groups -OCH3 is 1. The largest absolute Gasteiger partial charge is 0.497 e. The van der Waals surface area contributed by atoms with E-state index in [-0.39, 0.29) is 6.10 Å². The molecule has 2 nitrogen and oxygen atoms in total. The molecule has 1 aromatic carbocycles. The van der Waals surface area contributed by atoms with Gasteiger partial charge in [-0.3, -0.25) is 0 Å². The average molecular weight is 248 g/mol. The summed E-state index contributed by atoms with van der Waals surface area (Å²) < 4.78 is 5.23. The third kappa shape index (κ3) is 2.86. The number of ether oxygens (including phenoxy) is 1. The number of hydrogen-bond acceptors (Lipinski definition) is 2. The van der Waals surface area contributed by atoms with Gasteiger partial charge in [-0.15, -0.1) is 0 Å². The van der Waals surface area contributed by atoms with Crippen LogP contribution in [0.3, 0.4) is 0 Å². The van der Waals surface area contributed by atoms with Crippen LogP contribution in [0.25, 0.3) is 0 Å². The van der Waals surface area contributed by atoms with E-state index in [0.717, 1.165) is 17.7 Å². The molecule has 18 heavy (non-hydrogen) atoms. The lowest BCUT2D eigenvalue weighted by atomic mass is 9.73. The second-order valence-corrected chi connectivity index (χ2v) is 5.34. The zero-order valence-electron chi connectivity index (χ0n) is 11.4. The van der Waals surface area contributed by atoms with E-state index in [2.05, 4.69) is 6.92 Å². The normalized spacial score (nSPS) is 25.7. The maximum atomic E-state index is 10.6. The Balaban J connectivity index is 2.15. The Morgan fingerprint density at radius 3 is 2.83 bits per heavy atom. The first-order valence-corrected chi connectivity index (χ1v) is 7.08. The van der Waals surface area contributed by atoms with Crippen molar-refractivity contribution in [3.8, 4) is 5.75 Å². The van der Waals surface area contributed by atoms with Crippen molar-refractivity contribution in [1.29, 1.82) is 0 Å². The van der Waals surface area contributed by atoms with Crippen molar-refractivity contribution in [2.75, 3.05) is 7.11 Å². The van der Waals surface area contributed by atoms with E-state index in [0.29, 0.717) is 11.8 Å². The molecule has 3 atom stereocenters. The standard InChI is InChI=1S/C16H24O2/c1-3-12-7-4-5-10-15(12)16(17)13-8-6-9-14(11-13)18-2/h6,8-9,11-12,15-17H,3-5,7,10H2,1-2H3. The van der Waals surface area contributed by atoms with Crippen LogP contribution in [0.2, 0.25) is 0 Å². The van der Waals surface area contributed by atoms with E-state index in [1.807, 2.05) is 24.3 Å². The number of rotatable bonds is 4. The summed E-state index contributed by atoms with van der Waals surface area (Å²) in [4.78, 5) is 0. The van der Waals surface area contributed by atoms with Gasteiger partial charge in [0.15, 0.2) is 0 Å². The number of hydrogen-bond donors (Lipinski definition) is 1. The molecule has 1 aromatic rings. The summed E-state index contributed by atoms with van der Waals surface area (Å²) in [7, 11) is 1.67. The van der Waals surface area contributed by atoms with Crippen LogP contribution in [-0.2, 0) is 0 Å². The maximum Gasteiger partial charge on any atom is 0.119 e. The second kappa shape index (κ2) is 6.24. The molecule has 1 saturated carbocycles. The molecular formula is C16H24O2. The van der Waals surface area contributed by atoms with Gasteiger partial charge in [-0.25, -0.2) is 0 Å². The van der Waals surface area contributed by atoms with E-state index < -0.39 is 0 Å². The lowest BCUT2D eigenvalue weighted by Gasteiger charge is -2.34. The predicted octanol–water partition coefficient (Wildman–Crippen LogP) is 3.95. The first-order valence-electron chi connectivity index (χ1n) is 7.08. The molecule has 1 aliphatic rings. The van der Waals surface area contributed by atoms with Crippen LogP contribution < -0.4 is 4.74 Å². The third-order valence-corrected chi connectivity index (χ3v) is 4.33. The third-order valence-electron chi connectivity index (χ3n) is 4.33. The minimum absolute atomic E-state index is 0.342. The van der Waals surface area contributed by atoms with E-state index in [9.17, 15) is 5.11 Å². The van der Waals surface area contributed by atoms with Crippen LogP contribution >= 0.6 is 0 Å². The molecule has 0 spiro atoms. The van der Waals surface area contributed by atoms with E-state index in [1.54, 1.807) is 7.11 Å². The maximum absolute atomic E-state index is 10.6. The highest BCUT2D eigenvalue weighted by atomic mass is 16.5. The smallest absolute Gasteiger partial charge is 0.119 e. The minimum Gasteiger partial charge on any atom is -0.497 e. The zero-order valence-corrected chi connectivity index (χ0v) is 11.4. The minimum atomic E-state index is -0.342. The average Bonchev–Trinajstić information content (AvgIpc) is 2.46. The molecule has 2 heteroatoms. The van der Waals surface area contributed by atoms with Crippen molar-refractivity contribution in [3.05, 3.63) is 29.8 Å². The Morgan fingerprint density at radius 2 is 2.11 bits per heavy atom. The molecule has 0 heterocycles. The molecule has 1 N–H and O–H groups in total. The fourth-order valence-electron chi connectivity index (χ4n) is 3.23. The lowest BCUT2D eigenvalue weighted by molar-refractivity contribution is 0.0450. The fraction of sp³-hybridized carbons (Fsp3) is 0.625. The number of aliphatic hydroxyl groups is 1.